The number of anilines is 2. The lowest BCUT2D eigenvalue weighted by atomic mass is 9.81. The molecular weight excluding hydrogens is 482 g/mol. The summed E-state index contributed by atoms with van der Waals surface area (Å²) in [5, 5.41) is 13.0. The van der Waals surface area contributed by atoms with Gasteiger partial charge < -0.3 is 10.4 Å². The number of phenolic OH excluding ortho intramolecular Hbond substituents is 1. The van der Waals surface area contributed by atoms with Crippen LogP contribution < -0.4 is 10.0 Å². The molecular formula is C23H24ClN3O6S. The van der Waals surface area contributed by atoms with E-state index < -0.39 is 33.8 Å². The van der Waals surface area contributed by atoms with Crippen LogP contribution in [-0.4, -0.2) is 42.2 Å². The van der Waals surface area contributed by atoms with Crippen LogP contribution in [0.5, 0.6) is 5.75 Å². The summed E-state index contributed by atoms with van der Waals surface area (Å²) in [7, 11) is -4.06. The topological polar surface area (TPSA) is 133 Å². The van der Waals surface area contributed by atoms with Gasteiger partial charge in [-0.2, -0.15) is 0 Å². The van der Waals surface area contributed by atoms with E-state index in [1.807, 2.05) is 0 Å². The van der Waals surface area contributed by atoms with Gasteiger partial charge in [0.05, 0.1) is 28.1 Å². The molecule has 3 amide bonds. The summed E-state index contributed by atoms with van der Waals surface area (Å²) in [6.07, 6.45) is 2.99. The number of rotatable bonds is 6. The van der Waals surface area contributed by atoms with Crippen LogP contribution in [-0.2, 0) is 24.4 Å². The van der Waals surface area contributed by atoms with Gasteiger partial charge in [-0.3, -0.25) is 24.0 Å². The van der Waals surface area contributed by atoms with Crippen LogP contribution in [0.4, 0.5) is 11.4 Å². The summed E-state index contributed by atoms with van der Waals surface area (Å²) in [5.41, 5.74) is 0.0784. The third-order valence-electron chi connectivity index (χ3n) is 6.25. The zero-order valence-electron chi connectivity index (χ0n) is 18.3. The highest BCUT2D eigenvalue weighted by Crippen LogP contribution is 2.39. The first-order valence-corrected chi connectivity index (χ1v) is 12.7. The van der Waals surface area contributed by atoms with Crippen molar-refractivity contribution in [2.75, 3.05) is 10.0 Å². The number of sulfonamides is 1. The molecule has 1 saturated heterocycles. The summed E-state index contributed by atoms with van der Waals surface area (Å²) in [4.78, 5) is 39.2. The smallest absolute Gasteiger partial charge is 0.261 e. The van der Waals surface area contributed by atoms with E-state index >= 15 is 0 Å². The maximum absolute atomic E-state index is 12.9. The molecule has 34 heavy (non-hydrogen) atoms. The molecule has 2 aromatic rings. The number of carbonyl (C=O) groups is 3. The maximum atomic E-state index is 12.9. The molecule has 4 rings (SSSR count). The van der Waals surface area contributed by atoms with Gasteiger partial charge in [-0.1, -0.05) is 30.5 Å². The first-order chi connectivity index (χ1) is 16.1. The van der Waals surface area contributed by atoms with Gasteiger partial charge in [0.25, 0.3) is 10.0 Å². The van der Waals surface area contributed by atoms with E-state index in [4.69, 9.17) is 11.6 Å². The minimum Gasteiger partial charge on any atom is -0.506 e. The van der Waals surface area contributed by atoms with Crippen molar-refractivity contribution in [3.8, 4) is 5.75 Å². The number of hydrogen-bond donors (Lipinski definition) is 3. The second-order valence-electron chi connectivity index (χ2n) is 8.50. The van der Waals surface area contributed by atoms with Crippen molar-refractivity contribution in [3.63, 3.8) is 0 Å². The quantitative estimate of drug-likeness (QED) is 0.407. The minimum absolute atomic E-state index is 0.165. The fraction of sp³-hybridized carbons (Fsp3) is 0.348. The lowest BCUT2D eigenvalue weighted by Crippen LogP contribution is -2.46. The van der Waals surface area contributed by atoms with Crippen molar-refractivity contribution in [2.45, 2.75) is 43.5 Å². The van der Waals surface area contributed by atoms with Gasteiger partial charge in [0.15, 0.2) is 0 Å². The number of aromatic hydroxyl groups is 1. The number of nitrogens with one attached hydrogen (secondary N) is 2. The Morgan fingerprint density at radius 2 is 1.74 bits per heavy atom. The highest BCUT2D eigenvalue weighted by Gasteiger charge is 2.50. The van der Waals surface area contributed by atoms with Crippen molar-refractivity contribution >= 4 is 50.7 Å². The molecule has 1 saturated carbocycles. The van der Waals surface area contributed by atoms with E-state index in [1.165, 1.54) is 25.1 Å². The molecule has 9 nitrogen and oxygen atoms in total. The predicted octanol–water partition coefficient (Wildman–Crippen LogP) is 3.35. The molecule has 0 unspecified atom stereocenters. The molecule has 1 aliphatic carbocycles. The summed E-state index contributed by atoms with van der Waals surface area (Å²) >= 11 is 5.90. The van der Waals surface area contributed by atoms with E-state index in [0.717, 1.165) is 29.9 Å². The van der Waals surface area contributed by atoms with Crippen molar-refractivity contribution in [3.05, 3.63) is 47.5 Å². The highest BCUT2D eigenvalue weighted by atomic mass is 35.5. The van der Waals surface area contributed by atoms with E-state index in [-0.39, 0.29) is 33.8 Å². The van der Waals surface area contributed by atoms with Gasteiger partial charge in [0, 0.05) is 5.02 Å². The van der Waals surface area contributed by atoms with Gasteiger partial charge in [-0.15, -0.1) is 0 Å². The average molecular weight is 506 g/mol. The molecule has 0 aromatic heterocycles. The van der Waals surface area contributed by atoms with Gasteiger partial charge in [0.1, 0.15) is 11.8 Å². The first kappa shape index (κ1) is 24.0. The lowest BCUT2D eigenvalue weighted by molar-refractivity contribution is -0.146. The Morgan fingerprint density at radius 1 is 1.09 bits per heavy atom. The Hall–Kier alpha value is -3.11. The van der Waals surface area contributed by atoms with Crippen LogP contribution in [0, 0.1) is 11.8 Å². The lowest BCUT2D eigenvalue weighted by Gasteiger charge is -2.22. The van der Waals surface area contributed by atoms with Crippen molar-refractivity contribution in [2.24, 2.45) is 11.8 Å². The Bertz CT molecular complexity index is 1240. The predicted molar refractivity (Wildman–Crippen MR) is 126 cm³/mol. The van der Waals surface area contributed by atoms with Crippen molar-refractivity contribution in [1.82, 2.24) is 4.90 Å². The van der Waals surface area contributed by atoms with Gasteiger partial charge in [0.2, 0.25) is 17.7 Å². The normalized spacial score (nSPS) is 21.2. The Labute approximate surface area is 202 Å². The third kappa shape index (κ3) is 4.60. The number of benzene rings is 2. The Morgan fingerprint density at radius 3 is 2.35 bits per heavy atom. The minimum atomic E-state index is -4.06. The van der Waals surface area contributed by atoms with Crippen molar-refractivity contribution in [1.29, 1.82) is 0 Å². The maximum Gasteiger partial charge on any atom is 0.261 e. The number of amides is 3. The zero-order chi connectivity index (χ0) is 24.6. The number of nitrogens with zero attached hydrogens (tertiary/aromatic N) is 1. The molecule has 2 fully saturated rings. The fourth-order valence-electron chi connectivity index (χ4n) is 4.47. The van der Waals surface area contributed by atoms with Crippen LogP contribution in [0.2, 0.25) is 5.02 Å². The molecule has 3 N–H and O–H groups in total. The third-order valence-corrected chi connectivity index (χ3v) is 7.87. The fourth-order valence-corrected chi connectivity index (χ4v) is 5.74. The number of likely N-dealkylation sites (tertiary alicyclic amines) is 1. The number of fused-ring (bicyclic) bond motifs is 1. The average Bonchev–Trinajstić information content (AvgIpc) is 3.04. The number of hydrogen-bond acceptors (Lipinski definition) is 6. The van der Waals surface area contributed by atoms with E-state index in [0.29, 0.717) is 17.9 Å². The molecule has 1 aliphatic heterocycles. The Balaban J connectivity index is 1.52. The molecule has 2 aliphatic rings. The second-order valence-corrected chi connectivity index (χ2v) is 10.6. The summed E-state index contributed by atoms with van der Waals surface area (Å²) in [6, 6.07) is 8.44. The molecule has 11 heteroatoms. The van der Waals surface area contributed by atoms with E-state index in [9.17, 15) is 27.9 Å². The first-order valence-electron chi connectivity index (χ1n) is 10.9. The molecule has 0 spiro atoms. The molecule has 1 heterocycles. The highest BCUT2D eigenvalue weighted by molar-refractivity contribution is 7.92. The van der Waals surface area contributed by atoms with Crippen LogP contribution in [0.3, 0.4) is 0 Å². The standard InChI is InChI=1S/C23H24ClN3O6S/c1-13(27-22(30)17-7-2-3-8-18(17)23(27)31)21(29)25-19-12-16(9-10-20(19)28)34(32,33)26-15-6-4-5-14(24)11-15/h4-6,9-13,17-18,26,28H,2-3,7-8H2,1H3,(H,25,29)/t13-,17-,18-/m1/s1. The number of phenols is 1. The van der Waals surface area contributed by atoms with Gasteiger partial charge >= 0.3 is 0 Å². The van der Waals surface area contributed by atoms with Gasteiger partial charge in [-0.25, -0.2) is 8.42 Å². The molecule has 2 aromatic carbocycles. The SMILES string of the molecule is C[C@H](C(=O)Nc1cc(S(=O)(=O)Nc2cccc(Cl)c2)ccc1O)N1C(=O)[C@@H]2CCCC[C@H]2C1=O. The van der Waals surface area contributed by atoms with Crippen LogP contribution in [0.15, 0.2) is 47.4 Å². The molecule has 0 bridgehead atoms. The van der Waals surface area contributed by atoms with Crippen LogP contribution in [0.25, 0.3) is 0 Å². The molecule has 180 valence electrons. The summed E-state index contributed by atoms with van der Waals surface area (Å²) in [5.74, 6) is -2.58. The van der Waals surface area contributed by atoms with E-state index in [2.05, 4.69) is 10.0 Å². The number of imide groups is 1. The van der Waals surface area contributed by atoms with E-state index in [1.54, 1.807) is 12.1 Å². The summed E-state index contributed by atoms with van der Waals surface area (Å²) in [6.45, 7) is 1.43. The summed E-state index contributed by atoms with van der Waals surface area (Å²) < 4.78 is 28.0. The monoisotopic (exact) mass is 505 g/mol. The largest absolute Gasteiger partial charge is 0.506 e. The number of halogens is 1. The van der Waals surface area contributed by atoms with Gasteiger partial charge in [-0.05, 0) is 56.2 Å². The zero-order valence-corrected chi connectivity index (χ0v) is 19.9. The molecule has 3 atom stereocenters. The van der Waals surface area contributed by atoms with Crippen LogP contribution >= 0.6 is 11.6 Å². The molecule has 0 radical (unpaired) electrons. The second kappa shape index (κ2) is 9.27. The Kier molecular flexibility index (Phi) is 6.55. The number of carbonyl (C=O) groups excluding carboxylic acids is 3. The van der Waals surface area contributed by atoms with Crippen molar-refractivity contribution < 1.29 is 27.9 Å². The van der Waals surface area contributed by atoms with Crippen LogP contribution in [0.1, 0.15) is 32.6 Å².